The average Bonchev–Trinajstić information content (AvgIpc) is 3.10. The molecule has 1 aromatic carbocycles. The van der Waals surface area contributed by atoms with Gasteiger partial charge in [-0.25, -0.2) is 4.90 Å². The highest BCUT2D eigenvalue weighted by molar-refractivity contribution is 9.11. The van der Waals surface area contributed by atoms with Gasteiger partial charge in [-0.3, -0.25) is 9.59 Å². The third kappa shape index (κ3) is 1.72. The number of allylic oxidation sites excluding steroid dienone is 2. The molecule has 4 rings (SSSR count). The van der Waals surface area contributed by atoms with E-state index in [1.54, 1.807) is 12.1 Å². The molecular weight excluding hydrogens is 400 g/mol. The minimum absolute atomic E-state index is 0.0783. The molecule has 3 aliphatic rings. The van der Waals surface area contributed by atoms with E-state index in [2.05, 4.69) is 44.0 Å². The van der Waals surface area contributed by atoms with Crippen LogP contribution in [-0.2, 0) is 9.59 Å². The highest BCUT2D eigenvalue weighted by Crippen LogP contribution is 2.53. The van der Waals surface area contributed by atoms with Crippen molar-refractivity contribution in [3.63, 3.8) is 0 Å². The first-order valence-corrected chi connectivity index (χ1v) is 8.38. The molecule has 4 unspecified atom stereocenters. The Morgan fingerprint density at radius 3 is 1.95 bits per heavy atom. The van der Waals surface area contributed by atoms with E-state index in [4.69, 9.17) is 5.73 Å². The summed E-state index contributed by atoms with van der Waals surface area (Å²) in [7, 11) is 0. The number of benzene rings is 1. The number of carbonyl (C=O) groups excluding carboxylic acids is 2. The number of imide groups is 1. The molecule has 4 atom stereocenters. The summed E-state index contributed by atoms with van der Waals surface area (Å²) in [6.45, 7) is 0. The summed E-state index contributed by atoms with van der Waals surface area (Å²) >= 11 is 6.73. The smallest absolute Gasteiger partial charge is 0.238 e. The third-order valence-corrected chi connectivity index (χ3v) is 6.10. The molecule has 2 N–H and O–H groups in total. The van der Waals surface area contributed by atoms with Crippen LogP contribution < -0.4 is 10.6 Å². The second-order valence-electron chi connectivity index (χ2n) is 5.83. The molecule has 0 aromatic heterocycles. The van der Waals surface area contributed by atoms with Gasteiger partial charge < -0.3 is 5.73 Å². The zero-order valence-corrected chi connectivity index (χ0v) is 14.1. The van der Waals surface area contributed by atoms with Crippen LogP contribution in [0.5, 0.6) is 0 Å². The molecule has 108 valence electrons. The molecule has 1 heterocycles. The number of nitrogen functional groups attached to an aromatic ring is 1. The van der Waals surface area contributed by atoms with Gasteiger partial charge in [0.2, 0.25) is 11.8 Å². The molecule has 21 heavy (non-hydrogen) atoms. The number of carbonyl (C=O) groups is 2. The number of fused-ring (bicyclic) bond motifs is 5. The number of halogens is 2. The van der Waals surface area contributed by atoms with Crippen LogP contribution in [0, 0.1) is 23.7 Å². The Labute approximate surface area is 138 Å². The number of hydrogen-bond donors (Lipinski definition) is 1. The fourth-order valence-electron chi connectivity index (χ4n) is 3.86. The molecule has 2 bridgehead atoms. The van der Waals surface area contributed by atoms with Crippen LogP contribution in [0.2, 0.25) is 0 Å². The van der Waals surface area contributed by atoms with E-state index in [-0.39, 0.29) is 35.5 Å². The van der Waals surface area contributed by atoms with Gasteiger partial charge in [-0.2, -0.15) is 0 Å². The van der Waals surface area contributed by atoms with Crippen molar-refractivity contribution in [3.8, 4) is 0 Å². The molecular formula is C15H12Br2N2O2. The van der Waals surface area contributed by atoms with E-state index in [9.17, 15) is 9.59 Å². The summed E-state index contributed by atoms with van der Waals surface area (Å²) in [5.74, 6) is -0.0646. The van der Waals surface area contributed by atoms with Crippen molar-refractivity contribution in [1.29, 1.82) is 0 Å². The predicted octanol–water partition coefficient (Wildman–Crippen LogP) is 3.11. The maximum absolute atomic E-state index is 12.7. The molecule has 1 aliphatic heterocycles. The van der Waals surface area contributed by atoms with Crippen molar-refractivity contribution in [1.82, 2.24) is 0 Å². The van der Waals surface area contributed by atoms with Gasteiger partial charge in [0.25, 0.3) is 0 Å². The lowest BCUT2D eigenvalue weighted by atomic mass is 9.85. The lowest BCUT2D eigenvalue weighted by Gasteiger charge is -2.18. The SMILES string of the molecule is Nc1c(Br)cc(N2C(=O)C3C4C=CC(C4)C3C2=O)cc1Br. The van der Waals surface area contributed by atoms with E-state index >= 15 is 0 Å². The van der Waals surface area contributed by atoms with E-state index in [0.717, 1.165) is 6.42 Å². The highest BCUT2D eigenvalue weighted by Gasteiger charge is 2.59. The van der Waals surface area contributed by atoms with Crippen molar-refractivity contribution in [2.75, 3.05) is 10.6 Å². The van der Waals surface area contributed by atoms with E-state index < -0.39 is 0 Å². The standard InChI is InChI=1S/C15H12Br2N2O2/c16-9-4-8(5-10(17)13(9)18)19-14(20)11-6-1-2-7(3-6)12(11)15(19)21/h1-2,4-7,11-12H,3,18H2. The van der Waals surface area contributed by atoms with Gasteiger partial charge in [-0.15, -0.1) is 0 Å². The Kier molecular flexibility index (Phi) is 2.85. The van der Waals surface area contributed by atoms with Crippen LogP contribution in [0.4, 0.5) is 11.4 Å². The summed E-state index contributed by atoms with van der Waals surface area (Å²) in [4.78, 5) is 26.7. The lowest BCUT2D eigenvalue weighted by Crippen LogP contribution is -2.32. The van der Waals surface area contributed by atoms with Gasteiger partial charge in [0.1, 0.15) is 0 Å². The minimum Gasteiger partial charge on any atom is -0.397 e. The summed E-state index contributed by atoms with van der Waals surface area (Å²) in [6.07, 6.45) is 5.13. The van der Waals surface area contributed by atoms with Gasteiger partial charge in [-0.05, 0) is 62.2 Å². The van der Waals surface area contributed by atoms with Crippen molar-refractivity contribution in [3.05, 3.63) is 33.2 Å². The number of anilines is 2. The highest BCUT2D eigenvalue weighted by atomic mass is 79.9. The Balaban J connectivity index is 1.78. The molecule has 6 heteroatoms. The Morgan fingerprint density at radius 2 is 1.48 bits per heavy atom. The summed E-state index contributed by atoms with van der Waals surface area (Å²) in [5.41, 5.74) is 7.00. The molecule has 4 nitrogen and oxygen atoms in total. The molecule has 2 amide bonds. The largest absolute Gasteiger partial charge is 0.397 e. The summed E-state index contributed by atoms with van der Waals surface area (Å²) in [5, 5.41) is 0. The van der Waals surface area contributed by atoms with Crippen LogP contribution >= 0.6 is 31.9 Å². The maximum atomic E-state index is 12.7. The summed E-state index contributed by atoms with van der Waals surface area (Å²) in [6, 6.07) is 3.46. The number of hydrogen-bond acceptors (Lipinski definition) is 3. The first-order valence-electron chi connectivity index (χ1n) is 6.79. The van der Waals surface area contributed by atoms with Crippen molar-refractivity contribution in [2.24, 2.45) is 23.7 Å². The molecule has 2 fully saturated rings. The summed E-state index contributed by atoms with van der Waals surface area (Å²) < 4.78 is 1.34. The van der Waals surface area contributed by atoms with Gasteiger partial charge in [0, 0.05) is 8.95 Å². The second kappa shape index (κ2) is 4.43. The van der Waals surface area contributed by atoms with Crippen LogP contribution in [0.25, 0.3) is 0 Å². The molecule has 1 saturated carbocycles. The Bertz CT molecular complexity index is 663. The van der Waals surface area contributed by atoms with Crippen molar-refractivity contribution in [2.45, 2.75) is 6.42 Å². The lowest BCUT2D eigenvalue weighted by molar-refractivity contribution is -0.123. The Morgan fingerprint density at radius 1 is 1.00 bits per heavy atom. The fraction of sp³-hybridized carbons (Fsp3) is 0.333. The van der Waals surface area contributed by atoms with Gasteiger partial charge in [0.15, 0.2) is 0 Å². The maximum Gasteiger partial charge on any atom is 0.238 e. The normalized spacial score (nSPS) is 33.1. The van der Waals surface area contributed by atoms with Crippen LogP contribution in [0.3, 0.4) is 0 Å². The number of nitrogens with zero attached hydrogens (tertiary/aromatic N) is 1. The van der Waals surface area contributed by atoms with Crippen LogP contribution in [0.1, 0.15) is 6.42 Å². The molecule has 1 saturated heterocycles. The monoisotopic (exact) mass is 410 g/mol. The van der Waals surface area contributed by atoms with Crippen molar-refractivity contribution >= 4 is 55.0 Å². The zero-order chi connectivity index (χ0) is 14.9. The third-order valence-electron chi connectivity index (χ3n) is 4.79. The van der Waals surface area contributed by atoms with Crippen LogP contribution in [0.15, 0.2) is 33.2 Å². The average molecular weight is 412 g/mol. The zero-order valence-electron chi connectivity index (χ0n) is 10.9. The quantitative estimate of drug-likeness (QED) is 0.438. The van der Waals surface area contributed by atoms with Gasteiger partial charge >= 0.3 is 0 Å². The molecule has 2 aliphatic carbocycles. The molecule has 0 radical (unpaired) electrons. The molecule has 1 aromatic rings. The van der Waals surface area contributed by atoms with E-state index in [0.29, 0.717) is 20.3 Å². The predicted molar refractivity (Wildman–Crippen MR) is 86.5 cm³/mol. The van der Waals surface area contributed by atoms with Crippen LogP contribution in [-0.4, -0.2) is 11.8 Å². The van der Waals surface area contributed by atoms with E-state index in [1.165, 1.54) is 4.90 Å². The number of amides is 2. The topological polar surface area (TPSA) is 63.4 Å². The number of nitrogens with two attached hydrogens (primary N) is 1. The Hall–Kier alpha value is -1.14. The second-order valence-corrected chi connectivity index (χ2v) is 7.54. The first kappa shape index (κ1) is 13.5. The molecule has 0 spiro atoms. The van der Waals surface area contributed by atoms with Crippen molar-refractivity contribution < 1.29 is 9.59 Å². The first-order chi connectivity index (χ1) is 9.99. The minimum atomic E-state index is -0.178. The van der Waals surface area contributed by atoms with Gasteiger partial charge in [0.05, 0.1) is 23.2 Å². The van der Waals surface area contributed by atoms with Gasteiger partial charge in [-0.1, -0.05) is 12.2 Å². The van der Waals surface area contributed by atoms with E-state index in [1.807, 2.05) is 0 Å². The fourth-order valence-corrected chi connectivity index (χ4v) is 5.02. The number of rotatable bonds is 1.